The molecular formula is C22H26N4O3S. The molecule has 2 aliphatic rings. The molecule has 0 unspecified atom stereocenters. The van der Waals surface area contributed by atoms with E-state index in [9.17, 15) is 9.59 Å². The number of thiocarbonyl (C=S) groups is 1. The van der Waals surface area contributed by atoms with Gasteiger partial charge in [0.25, 0.3) is 5.91 Å². The van der Waals surface area contributed by atoms with Crippen molar-refractivity contribution in [2.45, 2.75) is 19.9 Å². The molecule has 8 heteroatoms. The highest BCUT2D eigenvalue weighted by molar-refractivity contribution is 7.80. The lowest BCUT2D eigenvalue weighted by molar-refractivity contribution is -0.135. The Morgan fingerprint density at radius 2 is 1.93 bits per heavy atom. The van der Waals surface area contributed by atoms with E-state index in [2.05, 4.69) is 13.0 Å². The van der Waals surface area contributed by atoms with Crippen LogP contribution in [0, 0.1) is 0 Å². The van der Waals surface area contributed by atoms with Crippen LogP contribution in [0.5, 0.6) is 0 Å². The number of para-hydroxylation sites is 1. The fourth-order valence-corrected chi connectivity index (χ4v) is 4.27. The average Bonchev–Trinajstić information content (AvgIpc) is 3.20. The number of aromatic nitrogens is 1. The van der Waals surface area contributed by atoms with Crippen LogP contribution in [0.25, 0.3) is 17.0 Å². The molecule has 0 saturated carbocycles. The molecule has 1 aromatic heterocycles. The number of rotatable bonds is 4. The Kier molecular flexibility index (Phi) is 5.62. The number of fused-ring (bicyclic) bond motifs is 1. The summed E-state index contributed by atoms with van der Waals surface area (Å²) >= 11 is 5.33. The van der Waals surface area contributed by atoms with Gasteiger partial charge in [-0.15, -0.1) is 0 Å². The van der Waals surface area contributed by atoms with E-state index in [-0.39, 0.29) is 18.4 Å². The lowest BCUT2D eigenvalue weighted by atomic mass is 10.1. The summed E-state index contributed by atoms with van der Waals surface area (Å²) in [6.45, 7) is 4.78. The fraction of sp³-hybridized carbons (Fsp3) is 0.409. The maximum atomic E-state index is 12.9. The minimum Gasteiger partial charge on any atom is -0.378 e. The Balaban J connectivity index is 1.76. The third-order valence-corrected chi connectivity index (χ3v) is 6.36. The Morgan fingerprint density at radius 1 is 1.20 bits per heavy atom. The molecule has 2 saturated heterocycles. The number of carbonyl (C=O) groups excluding carboxylic acids is 2. The van der Waals surface area contributed by atoms with Crippen molar-refractivity contribution < 1.29 is 14.3 Å². The maximum Gasteiger partial charge on any atom is 0.276 e. The minimum absolute atomic E-state index is 0.0790. The molecule has 1 aromatic carbocycles. The summed E-state index contributed by atoms with van der Waals surface area (Å²) in [6.07, 6.45) is 4.70. The second-order valence-electron chi connectivity index (χ2n) is 7.61. The molecule has 2 aliphatic heterocycles. The van der Waals surface area contributed by atoms with Crippen molar-refractivity contribution in [2.24, 2.45) is 0 Å². The average molecular weight is 427 g/mol. The van der Waals surface area contributed by atoms with E-state index in [0.717, 1.165) is 22.9 Å². The van der Waals surface area contributed by atoms with Crippen molar-refractivity contribution in [2.75, 3.05) is 40.4 Å². The second kappa shape index (κ2) is 8.20. The Morgan fingerprint density at radius 3 is 2.57 bits per heavy atom. The number of amides is 2. The zero-order chi connectivity index (χ0) is 21.4. The number of likely N-dealkylation sites (N-methyl/N-ethyl adjacent to an activating group) is 2. The van der Waals surface area contributed by atoms with Crippen molar-refractivity contribution in [3.63, 3.8) is 0 Å². The Bertz CT molecular complexity index is 1050. The van der Waals surface area contributed by atoms with E-state index in [1.165, 1.54) is 10.5 Å². The summed E-state index contributed by atoms with van der Waals surface area (Å²) in [4.78, 5) is 30.6. The summed E-state index contributed by atoms with van der Waals surface area (Å²) in [5.41, 5.74) is 3.65. The van der Waals surface area contributed by atoms with Gasteiger partial charge in [0.1, 0.15) is 12.2 Å². The van der Waals surface area contributed by atoms with Crippen molar-refractivity contribution in [1.82, 2.24) is 19.3 Å². The molecule has 2 fully saturated rings. The number of aryl methyl sites for hydroxylation is 1. The summed E-state index contributed by atoms with van der Waals surface area (Å²) in [5, 5.41) is 1.50. The number of carbonyl (C=O) groups is 2. The molecule has 2 amide bonds. The van der Waals surface area contributed by atoms with Crippen LogP contribution in [-0.4, -0.2) is 76.6 Å². The van der Waals surface area contributed by atoms with Gasteiger partial charge < -0.3 is 19.1 Å². The first-order valence-electron chi connectivity index (χ1n) is 10.2. The standard InChI is InChI=1S/C22H26N4O3S/c1-4-15-6-5-7-17-16(12-18-21(28)24(3)22(30)23(18)2)13-26(20(15)17)14-19(27)25-8-10-29-11-9-25/h5-7,12-13H,4,8-11,14H2,1-3H3/b18-12-. The number of hydrogen-bond donors (Lipinski definition) is 0. The Labute approximate surface area is 181 Å². The van der Waals surface area contributed by atoms with Gasteiger partial charge in [0.15, 0.2) is 5.11 Å². The molecule has 0 aliphatic carbocycles. The number of nitrogens with zero attached hydrogens (tertiary/aromatic N) is 4. The van der Waals surface area contributed by atoms with E-state index < -0.39 is 0 Å². The summed E-state index contributed by atoms with van der Waals surface area (Å²) in [7, 11) is 3.48. The van der Waals surface area contributed by atoms with Crippen molar-refractivity contribution in [3.05, 3.63) is 41.2 Å². The fourth-order valence-electron chi connectivity index (χ4n) is 4.08. The molecule has 0 bridgehead atoms. The van der Waals surface area contributed by atoms with Crippen LogP contribution in [0.15, 0.2) is 30.1 Å². The summed E-state index contributed by atoms with van der Waals surface area (Å²) in [5.74, 6) is -0.0466. The molecular weight excluding hydrogens is 400 g/mol. The molecule has 3 heterocycles. The molecule has 2 aromatic rings. The molecule has 0 spiro atoms. The van der Waals surface area contributed by atoms with Crippen LogP contribution in [0.2, 0.25) is 0 Å². The largest absolute Gasteiger partial charge is 0.378 e. The van der Waals surface area contributed by atoms with Crippen LogP contribution in [-0.2, 0) is 27.3 Å². The number of benzene rings is 1. The zero-order valence-electron chi connectivity index (χ0n) is 17.6. The van der Waals surface area contributed by atoms with E-state index in [1.54, 1.807) is 19.0 Å². The Hall–Kier alpha value is -2.71. The van der Waals surface area contributed by atoms with Crippen LogP contribution in [0.4, 0.5) is 0 Å². The lowest BCUT2D eigenvalue weighted by Gasteiger charge is -2.27. The van der Waals surface area contributed by atoms with Crippen molar-refractivity contribution in [1.29, 1.82) is 0 Å². The van der Waals surface area contributed by atoms with Gasteiger partial charge in [0.2, 0.25) is 5.91 Å². The van der Waals surface area contributed by atoms with Crippen LogP contribution in [0.3, 0.4) is 0 Å². The van der Waals surface area contributed by atoms with Crippen LogP contribution in [0.1, 0.15) is 18.1 Å². The molecule has 0 atom stereocenters. The van der Waals surface area contributed by atoms with Crippen molar-refractivity contribution in [3.8, 4) is 0 Å². The third-order valence-electron chi connectivity index (χ3n) is 5.81. The summed E-state index contributed by atoms with van der Waals surface area (Å²) < 4.78 is 7.38. The highest BCUT2D eigenvalue weighted by Gasteiger charge is 2.33. The molecule has 30 heavy (non-hydrogen) atoms. The highest BCUT2D eigenvalue weighted by Crippen LogP contribution is 2.29. The first-order valence-corrected chi connectivity index (χ1v) is 10.6. The van der Waals surface area contributed by atoms with E-state index in [1.807, 2.05) is 33.9 Å². The SMILES string of the molecule is CCc1cccc2c(/C=C3/C(=O)N(C)C(=S)N3C)cn(CC(=O)N3CCOCC3)c12. The number of morpholine rings is 1. The number of hydrogen-bond acceptors (Lipinski definition) is 4. The predicted molar refractivity (Wildman–Crippen MR) is 120 cm³/mol. The van der Waals surface area contributed by atoms with Crippen LogP contribution >= 0.6 is 12.2 Å². The van der Waals surface area contributed by atoms with Gasteiger partial charge in [0.05, 0.1) is 18.7 Å². The van der Waals surface area contributed by atoms with E-state index >= 15 is 0 Å². The quantitative estimate of drug-likeness (QED) is 0.554. The first kappa shape index (κ1) is 20.6. The summed E-state index contributed by atoms with van der Waals surface area (Å²) in [6, 6.07) is 6.15. The van der Waals surface area contributed by atoms with Gasteiger partial charge in [-0.1, -0.05) is 25.1 Å². The number of ether oxygens (including phenoxy) is 1. The minimum atomic E-state index is -0.126. The molecule has 0 N–H and O–H groups in total. The lowest BCUT2D eigenvalue weighted by Crippen LogP contribution is -2.42. The zero-order valence-corrected chi connectivity index (χ0v) is 18.4. The maximum absolute atomic E-state index is 12.9. The van der Waals surface area contributed by atoms with Gasteiger partial charge in [0, 0.05) is 44.3 Å². The van der Waals surface area contributed by atoms with Crippen LogP contribution < -0.4 is 0 Å². The molecule has 7 nitrogen and oxygen atoms in total. The normalized spacial score (nSPS) is 18.9. The molecule has 4 rings (SSSR count). The van der Waals surface area contributed by atoms with Crippen molar-refractivity contribution >= 4 is 46.1 Å². The molecule has 0 radical (unpaired) electrons. The first-order chi connectivity index (χ1) is 14.4. The topological polar surface area (TPSA) is 58.0 Å². The third kappa shape index (κ3) is 3.50. The highest BCUT2D eigenvalue weighted by atomic mass is 32.1. The van der Waals surface area contributed by atoms with Gasteiger partial charge >= 0.3 is 0 Å². The van der Waals surface area contributed by atoms with Gasteiger partial charge in [-0.05, 0) is 30.3 Å². The monoisotopic (exact) mass is 426 g/mol. The molecule has 158 valence electrons. The van der Waals surface area contributed by atoms with E-state index in [0.29, 0.717) is 37.1 Å². The smallest absolute Gasteiger partial charge is 0.276 e. The van der Waals surface area contributed by atoms with Gasteiger partial charge in [-0.2, -0.15) is 0 Å². The van der Waals surface area contributed by atoms with Gasteiger partial charge in [-0.3, -0.25) is 14.5 Å². The predicted octanol–water partition coefficient (Wildman–Crippen LogP) is 2.09. The van der Waals surface area contributed by atoms with E-state index in [4.69, 9.17) is 17.0 Å². The van der Waals surface area contributed by atoms with Gasteiger partial charge in [-0.25, -0.2) is 0 Å². The second-order valence-corrected chi connectivity index (χ2v) is 7.97.